The summed E-state index contributed by atoms with van der Waals surface area (Å²) in [5.41, 5.74) is -0.667. The van der Waals surface area contributed by atoms with Gasteiger partial charge in [-0.25, -0.2) is 0 Å². The molecule has 0 amide bonds. The summed E-state index contributed by atoms with van der Waals surface area (Å²) in [6.07, 6.45) is -3.22. The first-order valence-corrected chi connectivity index (χ1v) is 6.30. The van der Waals surface area contributed by atoms with Crippen molar-refractivity contribution in [1.29, 1.82) is 0 Å². The maximum Gasteiger partial charge on any atom is 0.416 e. The highest BCUT2D eigenvalue weighted by Gasteiger charge is 2.30. The first-order chi connectivity index (χ1) is 10.3. The number of hydrogen-bond acceptors (Lipinski definition) is 3. The fraction of sp³-hybridized carbons (Fsp3) is 0.0714. The van der Waals surface area contributed by atoms with E-state index in [1.165, 1.54) is 36.5 Å². The maximum absolute atomic E-state index is 12.6. The number of nitro groups is 1. The van der Waals surface area contributed by atoms with Gasteiger partial charge in [-0.1, -0.05) is 23.7 Å². The molecule has 114 valence electrons. The lowest BCUT2D eigenvalue weighted by atomic mass is 10.2. The Labute approximate surface area is 128 Å². The van der Waals surface area contributed by atoms with Gasteiger partial charge in [0.05, 0.1) is 16.2 Å². The molecular weight excluding hydrogens is 321 g/mol. The van der Waals surface area contributed by atoms with Crippen molar-refractivity contribution in [3.05, 3.63) is 68.7 Å². The van der Waals surface area contributed by atoms with Crippen molar-refractivity contribution in [2.75, 3.05) is 0 Å². The van der Waals surface area contributed by atoms with Crippen molar-refractivity contribution in [1.82, 2.24) is 0 Å². The van der Waals surface area contributed by atoms with Gasteiger partial charge < -0.3 is 0 Å². The third-order valence-electron chi connectivity index (χ3n) is 2.70. The van der Waals surface area contributed by atoms with Crippen LogP contribution in [0.1, 0.15) is 11.1 Å². The number of alkyl halides is 3. The molecule has 2 aromatic carbocycles. The second-order valence-corrected chi connectivity index (χ2v) is 4.68. The quantitative estimate of drug-likeness (QED) is 0.451. The predicted octanol–water partition coefficient (Wildman–Crippen LogP) is 5.02. The van der Waals surface area contributed by atoms with Gasteiger partial charge in [0.25, 0.3) is 5.69 Å². The Kier molecular flexibility index (Phi) is 4.46. The summed E-state index contributed by atoms with van der Waals surface area (Å²) < 4.78 is 37.7. The van der Waals surface area contributed by atoms with E-state index in [0.29, 0.717) is 5.56 Å². The number of nitro benzene ring substituents is 1. The van der Waals surface area contributed by atoms with Gasteiger partial charge in [-0.15, -0.1) is 0 Å². The molecule has 4 nitrogen and oxygen atoms in total. The van der Waals surface area contributed by atoms with Crippen LogP contribution in [0.15, 0.2) is 47.5 Å². The molecule has 2 aromatic rings. The van der Waals surface area contributed by atoms with Crippen molar-refractivity contribution in [2.45, 2.75) is 6.18 Å². The Hall–Kier alpha value is -2.41. The lowest BCUT2D eigenvalue weighted by molar-refractivity contribution is -0.384. The molecule has 0 bridgehead atoms. The Bertz CT molecular complexity index is 745. The van der Waals surface area contributed by atoms with Crippen LogP contribution in [0.5, 0.6) is 0 Å². The van der Waals surface area contributed by atoms with Crippen molar-refractivity contribution in [2.24, 2.45) is 4.99 Å². The molecule has 0 heterocycles. The van der Waals surface area contributed by atoms with E-state index in [4.69, 9.17) is 11.6 Å². The summed E-state index contributed by atoms with van der Waals surface area (Å²) in [5, 5.41) is 10.7. The molecule has 0 atom stereocenters. The lowest BCUT2D eigenvalue weighted by Crippen LogP contribution is -2.03. The Morgan fingerprint density at radius 3 is 2.55 bits per heavy atom. The van der Waals surface area contributed by atoms with E-state index < -0.39 is 16.7 Å². The fourth-order valence-electron chi connectivity index (χ4n) is 1.66. The minimum absolute atomic E-state index is 0.0266. The summed E-state index contributed by atoms with van der Waals surface area (Å²) in [5.74, 6) is 0. The minimum atomic E-state index is -4.45. The molecule has 0 saturated heterocycles. The number of halogens is 4. The van der Waals surface area contributed by atoms with Gasteiger partial charge in [-0.05, 0) is 29.8 Å². The zero-order valence-corrected chi connectivity index (χ0v) is 11.6. The molecule has 0 N–H and O–H groups in total. The van der Waals surface area contributed by atoms with Crippen LogP contribution >= 0.6 is 11.6 Å². The van der Waals surface area contributed by atoms with Gasteiger partial charge in [0, 0.05) is 12.3 Å². The molecule has 0 unspecified atom stereocenters. The van der Waals surface area contributed by atoms with Crippen molar-refractivity contribution in [3.8, 4) is 0 Å². The third kappa shape index (κ3) is 3.82. The van der Waals surface area contributed by atoms with E-state index in [9.17, 15) is 23.3 Å². The second kappa shape index (κ2) is 6.15. The highest BCUT2D eigenvalue weighted by atomic mass is 35.5. The number of aliphatic imine (C=N–C) groups is 1. The van der Waals surface area contributed by atoms with Gasteiger partial charge in [-0.3, -0.25) is 15.1 Å². The van der Waals surface area contributed by atoms with Gasteiger partial charge in [0.1, 0.15) is 5.02 Å². The average molecular weight is 329 g/mol. The molecular formula is C14H8ClF3N2O2. The van der Waals surface area contributed by atoms with Crippen LogP contribution in [-0.4, -0.2) is 11.1 Å². The van der Waals surface area contributed by atoms with E-state index in [1.807, 2.05) is 0 Å². The molecule has 2 rings (SSSR count). The number of hydrogen-bond donors (Lipinski definition) is 0. The standard InChI is InChI=1S/C14H8ClF3N2O2/c15-12-5-4-9(6-13(12)20(21)22)8-19-11-3-1-2-10(7-11)14(16,17)18/h1-8H. The van der Waals surface area contributed by atoms with Crippen molar-refractivity contribution >= 4 is 29.2 Å². The molecule has 0 aliphatic heterocycles. The first-order valence-electron chi connectivity index (χ1n) is 5.92. The first kappa shape index (κ1) is 16.0. The van der Waals surface area contributed by atoms with Crippen LogP contribution in [0.3, 0.4) is 0 Å². The molecule has 0 aliphatic carbocycles. The molecule has 0 radical (unpaired) electrons. The topological polar surface area (TPSA) is 55.5 Å². The normalized spacial score (nSPS) is 11.8. The van der Waals surface area contributed by atoms with Gasteiger partial charge in [-0.2, -0.15) is 13.2 Å². The lowest BCUT2D eigenvalue weighted by Gasteiger charge is -2.06. The molecule has 8 heteroatoms. The van der Waals surface area contributed by atoms with Crippen LogP contribution < -0.4 is 0 Å². The van der Waals surface area contributed by atoms with E-state index >= 15 is 0 Å². The monoisotopic (exact) mass is 328 g/mol. The zero-order chi connectivity index (χ0) is 16.3. The predicted molar refractivity (Wildman–Crippen MR) is 76.8 cm³/mol. The summed E-state index contributed by atoms with van der Waals surface area (Å²) >= 11 is 5.67. The number of nitrogens with zero attached hydrogens (tertiary/aromatic N) is 2. The molecule has 22 heavy (non-hydrogen) atoms. The van der Waals surface area contributed by atoms with Crippen LogP contribution in [0, 0.1) is 10.1 Å². The van der Waals surface area contributed by atoms with E-state index in [0.717, 1.165) is 12.1 Å². The largest absolute Gasteiger partial charge is 0.416 e. The highest BCUT2D eigenvalue weighted by molar-refractivity contribution is 6.32. The zero-order valence-electron chi connectivity index (χ0n) is 10.8. The van der Waals surface area contributed by atoms with Gasteiger partial charge >= 0.3 is 6.18 Å². The summed E-state index contributed by atoms with van der Waals surface area (Å²) in [7, 11) is 0. The second-order valence-electron chi connectivity index (χ2n) is 4.27. The maximum atomic E-state index is 12.6. The van der Waals surface area contributed by atoms with Crippen LogP contribution in [0.4, 0.5) is 24.5 Å². The Morgan fingerprint density at radius 1 is 1.18 bits per heavy atom. The van der Waals surface area contributed by atoms with E-state index in [2.05, 4.69) is 4.99 Å². The Morgan fingerprint density at radius 2 is 1.91 bits per heavy atom. The van der Waals surface area contributed by atoms with E-state index in [-0.39, 0.29) is 16.4 Å². The van der Waals surface area contributed by atoms with Crippen LogP contribution in [-0.2, 0) is 6.18 Å². The highest BCUT2D eigenvalue weighted by Crippen LogP contribution is 2.31. The summed E-state index contributed by atoms with van der Waals surface area (Å²) in [6.45, 7) is 0. The van der Waals surface area contributed by atoms with Crippen LogP contribution in [0.2, 0.25) is 5.02 Å². The smallest absolute Gasteiger partial charge is 0.258 e. The molecule has 0 fully saturated rings. The molecule has 0 aliphatic rings. The van der Waals surface area contributed by atoms with E-state index in [1.54, 1.807) is 0 Å². The van der Waals surface area contributed by atoms with Crippen molar-refractivity contribution < 1.29 is 18.1 Å². The molecule has 0 spiro atoms. The number of benzene rings is 2. The summed E-state index contributed by atoms with van der Waals surface area (Å²) in [4.78, 5) is 14.0. The SMILES string of the molecule is O=[N+]([O-])c1cc(C=Nc2cccc(C(F)(F)F)c2)ccc1Cl. The Balaban J connectivity index is 2.29. The average Bonchev–Trinajstić information content (AvgIpc) is 2.45. The van der Waals surface area contributed by atoms with Crippen LogP contribution in [0.25, 0.3) is 0 Å². The minimum Gasteiger partial charge on any atom is -0.258 e. The van der Waals surface area contributed by atoms with Crippen molar-refractivity contribution in [3.63, 3.8) is 0 Å². The third-order valence-corrected chi connectivity index (χ3v) is 3.02. The fourth-order valence-corrected chi connectivity index (χ4v) is 1.85. The van der Waals surface area contributed by atoms with Gasteiger partial charge in [0.15, 0.2) is 0 Å². The molecule has 0 saturated carbocycles. The number of rotatable bonds is 3. The van der Waals surface area contributed by atoms with Gasteiger partial charge in [0.2, 0.25) is 0 Å². The summed E-state index contributed by atoms with van der Waals surface area (Å²) in [6, 6.07) is 8.46. The molecule has 0 aromatic heterocycles.